The number of carbonyl (C=O) groups excluding carboxylic acids is 2. The Bertz CT molecular complexity index is 863. The van der Waals surface area contributed by atoms with Crippen LogP contribution >= 0.6 is 0 Å². The number of rotatable bonds is 4. The minimum atomic E-state index is -0.576. The lowest BCUT2D eigenvalue weighted by atomic mass is 10.1. The van der Waals surface area contributed by atoms with Crippen LogP contribution in [-0.2, 0) is 23.7 Å². The van der Waals surface area contributed by atoms with Gasteiger partial charge in [-0.3, -0.25) is 9.59 Å². The summed E-state index contributed by atoms with van der Waals surface area (Å²) in [5.41, 5.74) is 2.83. The van der Waals surface area contributed by atoms with Crippen LogP contribution in [-0.4, -0.2) is 43.8 Å². The van der Waals surface area contributed by atoms with Gasteiger partial charge in [-0.25, -0.2) is 0 Å². The van der Waals surface area contributed by atoms with Crippen LogP contribution in [0.4, 0.5) is 0 Å². The van der Waals surface area contributed by atoms with Crippen LogP contribution in [0.1, 0.15) is 44.4 Å². The summed E-state index contributed by atoms with van der Waals surface area (Å²) in [4.78, 5) is 21.6. The van der Waals surface area contributed by atoms with E-state index in [1.807, 2.05) is 12.1 Å². The monoisotopic (exact) mass is 382 g/mol. The molecule has 3 aliphatic heterocycles. The molecule has 0 radical (unpaired) electrons. The summed E-state index contributed by atoms with van der Waals surface area (Å²) in [5.74, 6) is 0. The number of aldehydes is 2. The molecule has 3 aliphatic rings. The molecule has 7 nitrogen and oxygen atoms in total. The fraction of sp³-hybridized carbons (Fsp3) is 0.333. The number of benzene rings is 2. The van der Waals surface area contributed by atoms with Crippen LogP contribution in [0.5, 0.6) is 0 Å². The third-order valence-corrected chi connectivity index (χ3v) is 5.19. The standard InChI is InChI=1S/C21H18O7/c22-9-12-1-5-14(6-2-12)19-24-11-16-17(26-19)18-21(25-16)28-20(27-18)15-7-3-13(10-23)4-8-15/h1-10,16-21H,11H2. The van der Waals surface area contributed by atoms with Crippen LogP contribution in [0.2, 0.25) is 0 Å². The van der Waals surface area contributed by atoms with Gasteiger partial charge in [-0.1, -0.05) is 48.5 Å². The van der Waals surface area contributed by atoms with E-state index in [1.54, 1.807) is 36.4 Å². The highest BCUT2D eigenvalue weighted by Gasteiger charge is 2.55. The Morgan fingerprint density at radius 3 is 1.86 bits per heavy atom. The Morgan fingerprint density at radius 2 is 1.25 bits per heavy atom. The van der Waals surface area contributed by atoms with E-state index in [-0.39, 0.29) is 18.3 Å². The first kappa shape index (κ1) is 17.7. The van der Waals surface area contributed by atoms with Crippen molar-refractivity contribution in [3.63, 3.8) is 0 Å². The predicted octanol–water partition coefficient (Wildman–Crippen LogP) is 2.56. The van der Waals surface area contributed by atoms with Crippen LogP contribution in [0.3, 0.4) is 0 Å². The molecule has 0 aromatic heterocycles. The van der Waals surface area contributed by atoms with E-state index in [1.165, 1.54) is 0 Å². The minimum Gasteiger partial charge on any atom is -0.346 e. The topological polar surface area (TPSA) is 80.3 Å². The molecule has 2 aromatic carbocycles. The van der Waals surface area contributed by atoms with Gasteiger partial charge in [0.05, 0.1) is 6.61 Å². The predicted molar refractivity (Wildman–Crippen MR) is 94.6 cm³/mol. The zero-order valence-electron chi connectivity index (χ0n) is 14.8. The van der Waals surface area contributed by atoms with Gasteiger partial charge in [-0.05, 0) is 0 Å². The second-order valence-electron chi connectivity index (χ2n) is 6.95. The number of carbonyl (C=O) groups is 2. The van der Waals surface area contributed by atoms with Crippen LogP contribution in [0, 0.1) is 0 Å². The first-order valence-corrected chi connectivity index (χ1v) is 9.09. The smallest absolute Gasteiger partial charge is 0.190 e. The zero-order valence-corrected chi connectivity index (χ0v) is 14.8. The maximum atomic E-state index is 10.8. The molecule has 5 rings (SSSR count). The van der Waals surface area contributed by atoms with E-state index >= 15 is 0 Å². The van der Waals surface area contributed by atoms with E-state index in [0.717, 1.165) is 23.7 Å². The van der Waals surface area contributed by atoms with Gasteiger partial charge in [0.1, 0.15) is 30.9 Å². The highest BCUT2D eigenvalue weighted by molar-refractivity contribution is 5.75. The lowest BCUT2D eigenvalue weighted by molar-refractivity contribution is -0.273. The van der Waals surface area contributed by atoms with Crippen molar-refractivity contribution in [2.45, 2.75) is 37.2 Å². The molecule has 0 amide bonds. The van der Waals surface area contributed by atoms with Crippen LogP contribution in [0.25, 0.3) is 0 Å². The molecule has 6 unspecified atom stereocenters. The molecule has 3 fully saturated rings. The third-order valence-electron chi connectivity index (χ3n) is 5.19. The van der Waals surface area contributed by atoms with Gasteiger partial charge in [0, 0.05) is 22.3 Å². The molecule has 6 atom stereocenters. The molecule has 0 spiro atoms. The van der Waals surface area contributed by atoms with Gasteiger partial charge in [-0.2, -0.15) is 0 Å². The Hall–Kier alpha value is -2.42. The molecule has 0 saturated carbocycles. The van der Waals surface area contributed by atoms with E-state index < -0.39 is 18.9 Å². The molecule has 28 heavy (non-hydrogen) atoms. The molecule has 3 saturated heterocycles. The van der Waals surface area contributed by atoms with E-state index in [9.17, 15) is 9.59 Å². The van der Waals surface area contributed by atoms with Crippen molar-refractivity contribution in [3.05, 3.63) is 70.8 Å². The first-order chi connectivity index (χ1) is 13.7. The number of hydrogen-bond acceptors (Lipinski definition) is 7. The number of hydrogen-bond donors (Lipinski definition) is 0. The molecule has 0 bridgehead atoms. The van der Waals surface area contributed by atoms with Gasteiger partial charge in [0.25, 0.3) is 0 Å². The molecule has 0 N–H and O–H groups in total. The average molecular weight is 382 g/mol. The number of fused-ring (bicyclic) bond motifs is 3. The van der Waals surface area contributed by atoms with Crippen molar-refractivity contribution >= 4 is 12.6 Å². The van der Waals surface area contributed by atoms with E-state index in [0.29, 0.717) is 17.7 Å². The molecule has 2 aromatic rings. The summed E-state index contributed by atoms with van der Waals surface area (Å²) in [6.45, 7) is 0.364. The fourth-order valence-corrected chi connectivity index (χ4v) is 3.70. The lowest BCUT2D eigenvalue weighted by Crippen LogP contribution is -2.43. The summed E-state index contributed by atoms with van der Waals surface area (Å²) in [6.07, 6.45) is -1.05. The zero-order chi connectivity index (χ0) is 19.1. The first-order valence-electron chi connectivity index (χ1n) is 9.09. The summed E-state index contributed by atoms with van der Waals surface area (Å²) in [6, 6.07) is 14.1. The van der Waals surface area contributed by atoms with Crippen molar-refractivity contribution in [2.75, 3.05) is 6.61 Å². The molecule has 144 valence electrons. The second kappa shape index (κ2) is 7.20. The normalized spacial score (nSPS) is 33.9. The quantitative estimate of drug-likeness (QED) is 0.752. The molecular formula is C21H18O7. The second-order valence-corrected chi connectivity index (χ2v) is 6.95. The van der Waals surface area contributed by atoms with Crippen molar-refractivity contribution < 1.29 is 33.3 Å². The largest absolute Gasteiger partial charge is 0.346 e. The van der Waals surface area contributed by atoms with Crippen molar-refractivity contribution in [1.29, 1.82) is 0 Å². The fourth-order valence-electron chi connectivity index (χ4n) is 3.70. The molecule has 7 heteroatoms. The van der Waals surface area contributed by atoms with Crippen molar-refractivity contribution in [1.82, 2.24) is 0 Å². The molecular weight excluding hydrogens is 364 g/mol. The molecule has 0 aliphatic carbocycles. The van der Waals surface area contributed by atoms with Crippen molar-refractivity contribution in [2.24, 2.45) is 0 Å². The van der Waals surface area contributed by atoms with Crippen LogP contribution < -0.4 is 0 Å². The Morgan fingerprint density at radius 1 is 0.679 bits per heavy atom. The maximum absolute atomic E-state index is 10.8. The van der Waals surface area contributed by atoms with Gasteiger partial charge >= 0.3 is 0 Å². The van der Waals surface area contributed by atoms with E-state index in [2.05, 4.69) is 0 Å². The highest BCUT2D eigenvalue weighted by atomic mass is 16.8. The minimum absolute atomic E-state index is 0.265. The Labute approximate surface area is 161 Å². The Balaban J connectivity index is 1.29. The van der Waals surface area contributed by atoms with E-state index in [4.69, 9.17) is 23.7 Å². The maximum Gasteiger partial charge on any atom is 0.190 e. The number of ether oxygens (including phenoxy) is 5. The summed E-state index contributed by atoms with van der Waals surface area (Å²) >= 11 is 0. The van der Waals surface area contributed by atoms with Crippen molar-refractivity contribution in [3.8, 4) is 0 Å². The summed E-state index contributed by atoms with van der Waals surface area (Å²) in [5, 5.41) is 0. The Kier molecular flexibility index (Phi) is 4.54. The highest BCUT2D eigenvalue weighted by Crippen LogP contribution is 2.43. The summed E-state index contributed by atoms with van der Waals surface area (Å²) in [7, 11) is 0. The SMILES string of the molecule is O=Cc1ccc(C2OCC3OC4OC(c5ccc(C=O)cc5)OC4C3O2)cc1. The van der Waals surface area contributed by atoms with Crippen LogP contribution in [0.15, 0.2) is 48.5 Å². The third kappa shape index (κ3) is 3.07. The lowest BCUT2D eigenvalue weighted by Gasteiger charge is -2.33. The van der Waals surface area contributed by atoms with Gasteiger partial charge in [-0.15, -0.1) is 0 Å². The van der Waals surface area contributed by atoms with Gasteiger partial charge < -0.3 is 23.7 Å². The summed E-state index contributed by atoms with van der Waals surface area (Å²) < 4.78 is 29.8. The average Bonchev–Trinajstić information content (AvgIpc) is 3.32. The molecule has 3 heterocycles. The van der Waals surface area contributed by atoms with Gasteiger partial charge in [0.2, 0.25) is 0 Å². The van der Waals surface area contributed by atoms with Gasteiger partial charge in [0.15, 0.2) is 18.9 Å².